The molecule has 2 aliphatic rings. The number of ether oxygens (including phenoxy) is 1. The third kappa shape index (κ3) is 3.43. The summed E-state index contributed by atoms with van der Waals surface area (Å²) in [7, 11) is 3.72. The Morgan fingerprint density at radius 1 is 1.55 bits per heavy atom. The molecule has 0 aliphatic carbocycles. The average molecular weight is 391 g/mol. The molecule has 2 aliphatic heterocycles. The minimum Gasteiger partial charge on any atom is -0.373 e. The number of halogens is 1. The van der Waals surface area contributed by atoms with Crippen LogP contribution in [0.4, 0.5) is 0 Å². The van der Waals surface area contributed by atoms with Crippen LogP contribution in [0, 0.1) is 0 Å². The van der Waals surface area contributed by atoms with Crippen LogP contribution in [0.15, 0.2) is 17.4 Å². The lowest BCUT2D eigenvalue weighted by Gasteiger charge is -2.22. The fraction of sp³-hybridized carbons (Fsp3) is 0.692. The molecule has 6 nitrogen and oxygen atoms in total. The standard InChI is InChI=1S/C13H21N5O.HI/c1-14-13(15-6-9-7-16-18(2)8-9)17-11-5-10-3-4-12(11)19-10;/h7-8,10-12H,3-6H2,1-2H3,(H2,14,15,17);1H. The summed E-state index contributed by atoms with van der Waals surface area (Å²) in [5, 5.41) is 10.9. The number of fused-ring (bicyclic) bond motifs is 2. The highest BCUT2D eigenvalue weighted by molar-refractivity contribution is 14.0. The molecule has 3 unspecified atom stereocenters. The Bertz CT molecular complexity index is 475. The zero-order valence-electron chi connectivity index (χ0n) is 11.9. The smallest absolute Gasteiger partial charge is 0.191 e. The van der Waals surface area contributed by atoms with Gasteiger partial charge in [0, 0.05) is 32.4 Å². The Balaban J connectivity index is 0.00000147. The van der Waals surface area contributed by atoms with Crippen LogP contribution in [-0.2, 0) is 18.3 Å². The lowest BCUT2D eigenvalue weighted by molar-refractivity contribution is 0.0992. The van der Waals surface area contributed by atoms with Gasteiger partial charge in [-0.2, -0.15) is 5.10 Å². The molecule has 3 rings (SSSR count). The molecule has 0 amide bonds. The van der Waals surface area contributed by atoms with Crippen molar-refractivity contribution < 1.29 is 4.74 Å². The third-order valence-electron chi connectivity index (χ3n) is 3.87. The summed E-state index contributed by atoms with van der Waals surface area (Å²) in [6.45, 7) is 0.731. The molecule has 0 spiro atoms. The minimum absolute atomic E-state index is 0. The summed E-state index contributed by atoms with van der Waals surface area (Å²) in [6, 6.07) is 0.402. The molecule has 1 aromatic heterocycles. The van der Waals surface area contributed by atoms with Crippen LogP contribution in [-0.4, -0.2) is 41.0 Å². The van der Waals surface area contributed by atoms with E-state index in [1.54, 1.807) is 11.7 Å². The van der Waals surface area contributed by atoms with Gasteiger partial charge in [-0.1, -0.05) is 0 Å². The number of guanidine groups is 1. The molecule has 2 saturated heterocycles. The zero-order chi connectivity index (χ0) is 13.2. The highest BCUT2D eigenvalue weighted by Gasteiger charge is 2.41. The van der Waals surface area contributed by atoms with E-state index >= 15 is 0 Å². The van der Waals surface area contributed by atoms with Gasteiger partial charge in [-0.25, -0.2) is 0 Å². The topological polar surface area (TPSA) is 63.5 Å². The summed E-state index contributed by atoms with van der Waals surface area (Å²) < 4.78 is 7.64. The molecule has 1 aromatic rings. The number of rotatable bonds is 3. The Hall–Kier alpha value is -0.830. The van der Waals surface area contributed by atoms with E-state index in [1.807, 2.05) is 19.4 Å². The summed E-state index contributed by atoms with van der Waals surface area (Å²) in [5.74, 6) is 0.838. The summed E-state index contributed by atoms with van der Waals surface area (Å²) in [5.41, 5.74) is 1.15. The number of aliphatic imine (C=N–C) groups is 1. The largest absolute Gasteiger partial charge is 0.373 e. The molecule has 3 heterocycles. The van der Waals surface area contributed by atoms with Crippen molar-refractivity contribution in [2.24, 2.45) is 12.0 Å². The van der Waals surface area contributed by atoms with Crippen molar-refractivity contribution in [3.8, 4) is 0 Å². The molecule has 112 valence electrons. The van der Waals surface area contributed by atoms with Crippen LogP contribution in [0.5, 0.6) is 0 Å². The van der Waals surface area contributed by atoms with Crippen LogP contribution in [0.3, 0.4) is 0 Å². The van der Waals surface area contributed by atoms with E-state index in [0.29, 0.717) is 18.2 Å². The molecule has 2 N–H and O–H groups in total. The van der Waals surface area contributed by atoms with E-state index in [9.17, 15) is 0 Å². The van der Waals surface area contributed by atoms with E-state index in [-0.39, 0.29) is 24.0 Å². The summed E-state index contributed by atoms with van der Waals surface area (Å²) >= 11 is 0. The van der Waals surface area contributed by atoms with Gasteiger partial charge < -0.3 is 15.4 Å². The molecule has 2 bridgehead atoms. The second-order valence-electron chi connectivity index (χ2n) is 5.31. The monoisotopic (exact) mass is 391 g/mol. The SMILES string of the molecule is CN=C(NCc1cnn(C)c1)NC1CC2CCC1O2.I. The first kappa shape index (κ1) is 15.6. The second-order valence-corrected chi connectivity index (χ2v) is 5.31. The Kier molecular flexibility index (Phi) is 5.25. The number of aryl methyl sites for hydroxylation is 1. The number of hydrogen-bond donors (Lipinski definition) is 2. The number of nitrogens with zero attached hydrogens (tertiary/aromatic N) is 3. The van der Waals surface area contributed by atoms with Gasteiger partial charge in [-0.15, -0.1) is 24.0 Å². The maximum Gasteiger partial charge on any atom is 0.191 e. The Morgan fingerprint density at radius 3 is 2.95 bits per heavy atom. The van der Waals surface area contributed by atoms with Crippen LogP contribution < -0.4 is 10.6 Å². The quantitative estimate of drug-likeness (QED) is 0.459. The summed E-state index contributed by atoms with van der Waals surface area (Å²) in [4.78, 5) is 4.27. The number of hydrogen-bond acceptors (Lipinski definition) is 3. The van der Waals surface area contributed by atoms with Crippen molar-refractivity contribution in [1.82, 2.24) is 20.4 Å². The van der Waals surface area contributed by atoms with Crippen molar-refractivity contribution >= 4 is 29.9 Å². The van der Waals surface area contributed by atoms with E-state index in [1.165, 1.54) is 12.8 Å². The maximum absolute atomic E-state index is 5.84. The lowest BCUT2D eigenvalue weighted by Crippen LogP contribution is -2.47. The van der Waals surface area contributed by atoms with Gasteiger partial charge in [0.05, 0.1) is 24.4 Å². The van der Waals surface area contributed by atoms with E-state index in [0.717, 1.165) is 24.5 Å². The van der Waals surface area contributed by atoms with E-state index in [2.05, 4.69) is 20.7 Å². The average Bonchev–Trinajstić information content (AvgIpc) is 3.11. The van der Waals surface area contributed by atoms with Crippen molar-refractivity contribution in [3.05, 3.63) is 18.0 Å². The molecule has 0 radical (unpaired) electrons. The predicted octanol–water partition coefficient (Wildman–Crippen LogP) is 1.02. The maximum atomic E-state index is 5.84. The highest BCUT2D eigenvalue weighted by Crippen LogP contribution is 2.34. The van der Waals surface area contributed by atoms with Gasteiger partial charge in [0.1, 0.15) is 0 Å². The molecule has 0 saturated carbocycles. The molecular weight excluding hydrogens is 369 g/mol. The molecular formula is C13H22IN5O. The van der Waals surface area contributed by atoms with Gasteiger partial charge in [-0.05, 0) is 19.3 Å². The molecule has 0 aromatic carbocycles. The second kappa shape index (κ2) is 6.75. The Labute approximate surface area is 136 Å². The highest BCUT2D eigenvalue weighted by atomic mass is 127. The fourth-order valence-electron chi connectivity index (χ4n) is 2.91. The third-order valence-corrected chi connectivity index (χ3v) is 3.87. The van der Waals surface area contributed by atoms with Crippen LogP contribution >= 0.6 is 24.0 Å². The number of aromatic nitrogens is 2. The molecule has 2 fully saturated rings. The van der Waals surface area contributed by atoms with Crippen molar-refractivity contribution in [2.75, 3.05) is 7.05 Å². The summed E-state index contributed by atoms with van der Waals surface area (Å²) in [6.07, 6.45) is 8.16. The van der Waals surface area contributed by atoms with Crippen molar-refractivity contribution in [1.29, 1.82) is 0 Å². The molecule has 20 heavy (non-hydrogen) atoms. The first-order chi connectivity index (χ1) is 9.24. The molecule has 3 atom stereocenters. The van der Waals surface area contributed by atoms with Gasteiger partial charge in [0.15, 0.2) is 5.96 Å². The first-order valence-corrected chi connectivity index (χ1v) is 6.85. The zero-order valence-corrected chi connectivity index (χ0v) is 14.2. The van der Waals surface area contributed by atoms with E-state index < -0.39 is 0 Å². The van der Waals surface area contributed by atoms with Gasteiger partial charge in [-0.3, -0.25) is 9.67 Å². The van der Waals surface area contributed by atoms with Gasteiger partial charge in [0.25, 0.3) is 0 Å². The predicted molar refractivity (Wildman–Crippen MR) is 88.3 cm³/mol. The van der Waals surface area contributed by atoms with Crippen LogP contribution in [0.1, 0.15) is 24.8 Å². The van der Waals surface area contributed by atoms with Crippen molar-refractivity contribution in [2.45, 2.75) is 44.1 Å². The first-order valence-electron chi connectivity index (χ1n) is 6.85. The molecule has 7 heteroatoms. The lowest BCUT2D eigenvalue weighted by atomic mass is 9.96. The van der Waals surface area contributed by atoms with Gasteiger partial charge >= 0.3 is 0 Å². The van der Waals surface area contributed by atoms with Crippen LogP contribution in [0.2, 0.25) is 0 Å². The van der Waals surface area contributed by atoms with E-state index in [4.69, 9.17) is 4.74 Å². The fourth-order valence-corrected chi connectivity index (χ4v) is 2.91. The van der Waals surface area contributed by atoms with Crippen molar-refractivity contribution in [3.63, 3.8) is 0 Å². The van der Waals surface area contributed by atoms with Crippen LogP contribution in [0.25, 0.3) is 0 Å². The minimum atomic E-state index is 0. The normalized spacial score (nSPS) is 28.3. The number of nitrogens with one attached hydrogen (secondary N) is 2. The van der Waals surface area contributed by atoms with Gasteiger partial charge in [0.2, 0.25) is 0 Å². The Morgan fingerprint density at radius 2 is 2.40 bits per heavy atom.